The van der Waals surface area contributed by atoms with Crippen molar-refractivity contribution in [2.24, 2.45) is 0 Å². The van der Waals surface area contributed by atoms with Crippen LogP contribution in [-0.4, -0.2) is 47.4 Å². The molecular weight excluding hydrogens is 947 g/mol. The van der Waals surface area contributed by atoms with Gasteiger partial charge in [-0.2, -0.15) is 0 Å². The minimum absolute atomic E-state index is 0.00347. The van der Waals surface area contributed by atoms with E-state index in [1.54, 1.807) is 6.08 Å². The maximum Gasteiger partial charge on any atom is 0.305 e. The maximum absolute atomic E-state index is 12.5. The highest BCUT2D eigenvalue weighted by Gasteiger charge is 2.18. The number of carbonyl (C=O) groups is 2. The summed E-state index contributed by atoms with van der Waals surface area (Å²) in [5.74, 6) is -0.0848. The number of unbranched alkanes of at least 4 members (excludes halogenated alkanes) is 50. The van der Waals surface area contributed by atoms with Crippen molar-refractivity contribution in [1.82, 2.24) is 5.32 Å². The fraction of sp³-hybridized carbons (Fsp3) is 0.887. The summed E-state index contributed by atoms with van der Waals surface area (Å²) >= 11 is 0. The Labute approximate surface area is 481 Å². The third kappa shape index (κ3) is 63.1. The lowest BCUT2D eigenvalue weighted by molar-refractivity contribution is -0.143. The molecule has 0 saturated carbocycles. The van der Waals surface area contributed by atoms with E-state index < -0.39 is 12.1 Å². The summed E-state index contributed by atoms with van der Waals surface area (Å²) in [4.78, 5) is 24.6. The summed E-state index contributed by atoms with van der Waals surface area (Å²) in [5.41, 5.74) is 0. The van der Waals surface area contributed by atoms with Gasteiger partial charge in [-0.25, -0.2) is 0 Å². The first-order chi connectivity index (χ1) is 38.0. The number of esters is 1. The number of hydrogen-bond donors (Lipinski definition) is 3. The summed E-state index contributed by atoms with van der Waals surface area (Å²) in [5, 5.41) is 23.3. The van der Waals surface area contributed by atoms with Crippen LogP contribution in [0.15, 0.2) is 36.5 Å². The van der Waals surface area contributed by atoms with Crippen molar-refractivity contribution in [3.8, 4) is 0 Å². The highest BCUT2D eigenvalue weighted by Crippen LogP contribution is 2.18. The fourth-order valence-corrected chi connectivity index (χ4v) is 10.8. The van der Waals surface area contributed by atoms with Gasteiger partial charge in [0.25, 0.3) is 0 Å². The van der Waals surface area contributed by atoms with E-state index in [0.29, 0.717) is 19.4 Å². The van der Waals surface area contributed by atoms with E-state index in [0.717, 1.165) is 64.2 Å². The standard InChI is InChI=1S/C71H135NO5/c1-3-5-7-9-11-13-15-17-19-21-23-24-25-26-27-28-30-31-35-39-43-47-51-55-59-63-69(74)68(67-73)72-70(75)64-60-56-52-48-44-40-36-33-34-38-42-46-50-54-58-62-66-77-71(76)65-61-57-53-49-45-41-37-32-29-22-20-18-16-14-12-10-8-6-4-2/h18,20,33,36,59,63,68-69,73-74H,3-17,19,21-32,34-35,37-58,60-62,64-67H2,1-2H3,(H,72,75)/b20-18-,36-33-,63-59+. The Morgan fingerprint density at radius 3 is 0.922 bits per heavy atom. The highest BCUT2D eigenvalue weighted by molar-refractivity contribution is 5.76. The van der Waals surface area contributed by atoms with Crippen LogP contribution in [0.25, 0.3) is 0 Å². The smallest absolute Gasteiger partial charge is 0.305 e. The summed E-state index contributed by atoms with van der Waals surface area (Å²) in [7, 11) is 0. The van der Waals surface area contributed by atoms with Crippen LogP contribution in [0.4, 0.5) is 0 Å². The molecule has 0 aliphatic carbocycles. The Morgan fingerprint density at radius 1 is 0.351 bits per heavy atom. The van der Waals surface area contributed by atoms with Crippen molar-refractivity contribution >= 4 is 11.9 Å². The van der Waals surface area contributed by atoms with Crippen LogP contribution < -0.4 is 5.32 Å². The summed E-state index contributed by atoms with van der Waals surface area (Å²) < 4.78 is 5.49. The molecule has 0 rings (SSSR count). The molecule has 77 heavy (non-hydrogen) atoms. The average molecular weight is 1080 g/mol. The van der Waals surface area contributed by atoms with E-state index in [1.165, 1.54) is 289 Å². The van der Waals surface area contributed by atoms with E-state index in [4.69, 9.17) is 4.74 Å². The first kappa shape index (κ1) is 75.1. The van der Waals surface area contributed by atoms with Crippen molar-refractivity contribution < 1.29 is 24.5 Å². The van der Waals surface area contributed by atoms with Gasteiger partial charge in [0.05, 0.1) is 25.4 Å². The second kappa shape index (κ2) is 66.6. The van der Waals surface area contributed by atoms with Crippen LogP contribution in [0.1, 0.15) is 380 Å². The molecule has 0 saturated heterocycles. The molecule has 0 aliphatic rings. The van der Waals surface area contributed by atoms with Crippen molar-refractivity contribution in [3.63, 3.8) is 0 Å². The molecule has 2 unspecified atom stereocenters. The molecule has 1 amide bonds. The molecule has 0 heterocycles. The predicted molar refractivity (Wildman–Crippen MR) is 338 cm³/mol. The van der Waals surface area contributed by atoms with Gasteiger partial charge < -0.3 is 20.3 Å². The number of aliphatic hydroxyl groups excluding tert-OH is 2. The zero-order valence-corrected chi connectivity index (χ0v) is 52.0. The van der Waals surface area contributed by atoms with Crippen LogP contribution in [0.5, 0.6) is 0 Å². The normalized spacial score (nSPS) is 12.7. The van der Waals surface area contributed by atoms with Crippen molar-refractivity contribution in [3.05, 3.63) is 36.5 Å². The lowest BCUT2D eigenvalue weighted by atomic mass is 10.0. The molecule has 0 aromatic rings. The molecule has 0 fully saturated rings. The second-order valence-electron chi connectivity index (χ2n) is 23.9. The van der Waals surface area contributed by atoms with Crippen LogP contribution in [-0.2, 0) is 14.3 Å². The van der Waals surface area contributed by atoms with Crippen molar-refractivity contribution in [2.75, 3.05) is 13.2 Å². The predicted octanol–water partition coefficient (Wildman–Crippen LogP) is 22.3. The molecule has 2 atom stereocenters. The SMILES string of the molecule is CCCCCCCC/C=C\CCCCCCCCCCCC(=O)OCCCCCCCCC/C=C\CCCCCCCC(=O)NC(CO)C(O)/C=C/CCCCCCCCCCCCCCCCCCCCCCCCC. The Morgan fingerprint density at radius 2 is 0.610 bits per heavy atom. The second-order valence-corrected chi connectivity index (χ2v) is 23.9. The number of aliphatic hydroxyl groups is 2. The largest absolute Gasteiger partial charge is 0.466 e. The maximum atomic E-state index is 12.5. The number of ether oxygens (including phenoxy) is 1. The zero-order valence-electron chi connectivity index (χ0n) is 52.0. The molecule has 0 bridgehead atoms. The Kier molecular flexibility index (Phi) is 64.9. The lowest BCUT2D eigenvalue weighted by Crippen LogP contribution is -2.45. The van der Waals surface area contributed by atoms with Crippen molar-refractivity contribution in [2.45, 2.75) is 392 Å². The third-order valence-corrected chi connectivity index (χ3v) is 16.1. The molecule has 6 nitrogen and oxygen atoms in total. The van der Waals surface area contributed by atoms with E-state index in [9.17, 15) is 19.8 Å². The van der Waals surface area contributed by atoms with Gasteiger partial charge in [0, 0.05) is 12.8 Å². The van der Waals surface area contributed by atoms with Crippen LogP contribution >= 0.6 is 0 Å². The quantitative estimate of drug-likeness (QED) is 0.0320. The molecule has 0 aliphatic heterocycles. The number of amides is 1. The summed E-state index contributed by atoms with van der Waals surface area (Å²) in [6, 6.07) is -0.642. The topological polar surface area (TPSA) is 95.9 Å². The van der Waals surface area contributed by atoms with Gasteiger partial charge in [-0.05, 0) is 83.5 Å². The summed E-state index contributed by atoms with van der Waals surface area (Å²) in [6.07, 6.45) is 84.9. The first-order valence-electron chi connectivity index (χ1n) is 34.8. The third-order valence-electron chi connectivity index (χ3n) is 16.1. The Hall–Kier alpha value is -1.92. The van der Waals surface area contributed by atoms with Gasteiger partial charge in [0.15, 0.2) is 0 Å². The number of carbonyl (C=O) groups excluding carboxylic acids is 2. The van der Waals surface area contributed by atoms with E-state index >= 15 is 0 Å². The molecule has 0 aromatic heterocycles. The number of hydrogen-bond acceptors (Lipinski definition) is 5. The molecule has 6 heteroatoms. The molecular formula is C71H135NO5. The monoisotopic (exact) mass is 1080 g/mol. The Bertz CT molecular complexity index is 1250. The molecule has 3 N–H and O–H groups in total. The van der Waals surface area contributed by atoms with Crippen molar-refractivity contribution in [1.29, 1.82) is 0 Å². The fourth-order valence-electron chi connectivity index (χ4n) is 10.8. The van der Waals surface area contributed by atoms with E-state index in [1.807, 2.05) is 6.08 Å². The van der Waals surface area contributed by atoms with E-state index in [-0.39, 0.29) is 18.5 Å². The van der Waals surface area contributed by atoms with Crippen LogP contribution in [0, 0.1) is 0 Å². The minimum Gasteiger partial charge on any atom is -0.466 e. The van der Waals surface area contributed by atoms with Gasteiger partial charge in [-0.1, -0.05) is 320 Å². The summed E-state index contributed by atoms with van der Waals surface area (Å²) in [6.45, 7) is 4.91. The lowest BCUT2D eigenvalue weighted by Gasteiger charge is -2.20. The average Bonchev–Trinajstić information content (AvgIpc) is 3.43. The number of allylic oxidation sites excluding steroid dienone is 5. The van der Waals surface area contributed by atoms with Gasteiger partial charge in [0.2, 0.25) is 5.91 Å². The van der Waals surface area contributed by atoms with Gasteiger partial charge >= 0.3 is 5.97 Å². The van der Waals surface area contributed by atoms with Crippen LogP contribution in [0.2, 0.25) is 0 Å². The molecule has 0 spiro atoms. The van der Waals surface area contributed by atoms with Gasteiger partial charge in [0.1, 0.15) is 0 Å². The van der Waals surface area contributed by atoms with Gasteiger partial charge in [-0.15, -0.1) is 0 Å². The van der Waals surface area contributed by atoms with Gasteiger partial charge in [-0.3, -0.25) is 9.59 Å². The number of nitrogens with one attached hydrogen (secondary N) is 1. The molecule has 0 aromatic carbocycles. The van der Waals surface area contributed by atoms with Crippen LogP contribution in [0.3, 0.4) is 0 Å². The Balaban J connectivity index is 3.47. The van der Waals surface area contributed by atoms with E-state index in [2.05, 4.69) is 43.5 Å². The first-order valence-corrected chi connectivity index (χ1v) is 34.8. The molecule has 454 valence electrons. The number of rotatable bonds is 65. The minimum atomic E-state index is -0.857. The highest BCUT2D eigenvalue weighted by atomic mass is 16.5. The zero-order chi connectivity index (χ0) is 55.7. The molecule has 0 radical (unpaired) electrons.